The predicted molar refractivity (Wildman–Crippen MR) is 97.4 cm³/mol. The maximum atomic E-state index is 12.1. The molecule has 1 amide bonds. The van der Waals surface area contributed by atoms with Crippen molar-refractivity contribution in [1.29, 1.82) is 0 Å². The van der Waals surface area contributed by atoms with E-state index in [9.17, 15) is 4.79 Å². The third-order valence-electron chi connectivity index (χ3n) is 3.99. The zero-order valence-electron chi connectivity index (χ0n) is 15.2. The van der Waals surface area contributed by atoms with E-state index in [2.05, 4.69) is 12.2 Å². The van der Waals surface area contributed by atoms with E-state index in [0.29, 0.717) is 17.2 Å². The van der Waals surface area contributed by atoms with Crippen LogP contribution in [-0.4, -0.2) is 26.7 Å². The average molecular weight is 343 g/mol. The summed E-state index contributed by atoms with van der Waals surface area (Å²) in [5, 5.41) is 2.92. The number of carbonyl (C=O) groups is 1. The molecule has 2 rings (SSSR count). The third-order valence-corrected chi connectivity index (χ3v) is 3.99. The molecule has 5 heteroatoms. The summed E-state index contributed by atoms with van der Waals surface area (Å²) in [5.74, 6) is 1.80. The van der Waals surface area contributed by atoms with Crippen LogP contribution >= 0.6 is 0 Å². The molecule has 0 spiro atoms. The number of aryl methyl sites for hydroxylation is 1. The number of ether oxygens (including phenoxy) is 3. The van der Waals surface area contributed by atoms with Crippen molar-refractivity contribution in [3.63, 3.8) is 0 Å². The van der Waals surface area contributed by atoms with E-state index >= 15 is 0 Å². The Morgan fingerprint density at radius 2 is 1.72 bits per heavy atom. The molecule has 0 heterocycles. The Kier molecular flexibility index (Phi) is 6.69. The van der Waals surface area contributed by atoms with Gasteiger partial charge in [-0.15, -0.1) is 0 Å². The van der Waals surface area contributed by atoms with E-state index in [-0.39, 0.29) is 18.6 Å². The van der Waals surface area contributed by atoms with Crippen LogP contribution in [0.4, 0.5) is 0 Å². The van der Waals surface area contributed by atoms with Gasteiger partial charge in [-0.05, 0) is 48.7 Å². The van der Waals surface area contributed by atoms with E-state index in [1.54, 1.807) is 14.2 Å². The minimum atomic E-state index is -0.179. The number of methoxy groups -OCH3 is 2. The minimum absolute atomic E-state index is 0.0247. The summed E-state index contributed by atoms with van der Waals surface area (Å²) in [4.78, 5) is 12.1. The van der Waals surface area contributed by atoms with Gasteiger partial charge in [0.2, 0.25) is 0 Å². The second-order valence-corrected chi connectivity index (χ2v) is 5.69. The molecule has 2 aromatic rings. The van der Waals surface area contributed by atoms with Crippen molar-refractivity contribution in [3.8, 4) is 17.2 Å². The fourth-order valence-corrected chi connectivity index (χ4v) is 2.46. The molecule has 5 nitrogen and oxygen atoms in total. The highest BCUT2D eigenvalue weighted by Crippen LogP contribution is 2.29. The zero-order valence-corrected chi connectivity index (χ0v) is 15.2. The first-order valence-electron chi connectivity index (χ1n) is 8.30. The van der Waals surface area contributed by atoms with Gasteiger partial charge in [0, 0.05) is 0 Å². The Hall–Kier alpha value is -2.69. The lowest BCUT2D eigenvalue weighted by atomic mass is 10.1. The van der Waals surface area contributed by atoms with E-state index in [1.165, 1.54) is 5.56 Å². The van der Waals surface area contributed by atoms with Crippen molar-refractivity contribution in [2.75, 3.05) is 20.8 Å². The number of nitrogens with one attached hydrogen (secondary N) is 1. The fraction of sp³-hybridized carbons (Fsp3) is 0.350. The number of rotatable bonds is 8. The van der Waals surface area contributed by atoms with Crippen molar-refractivity contribution < 1.29 is 19.0 Å². The Balaban J connectivity index is 1.90. The fourth-order valence-electron chi connectivity index (χ4n) is 2.46. The van der Waals surface area contributed by atoms with Gasteiger partial charge < -0.3 is 19.5 Å². The first-order chi connectivity index (χ1) is 12.1. The van der Waals surface area contributed by atoms with Crippen LogP contribution in [0.3, 0.4) is 0 Å². The topological polar surface area (TPSA) is 56.8 Å². The molecule has 1 atom stereocenters. The van der Waals surface area contributed by atoms with Crippen LogP contribution < -0.4 is 19.5 Å². The number of carbonyl (C=O) groups excluding carboxylic acids is 1. The van der Waals surface area contributed by atoms with Gasteiger partial charge in [-0.1, -0.05) is 25.1 Å². The molecule has 0 aliphatic heterocycles. The number of amides is 1. The van der Waals surface area contributed by atoms with Crippen molar-refractivity contribution in [3.05, 3.63) is 53.6 Å². The minimum Gasteiger partial charge on any atom is -0.493 e. The summed E-state index contributed by atoms with van der Waals surface area (Å²) in [5.41, 5.74) is 2.16. The smallest absolute Gasteiger partial charge is 0.258 e. The quantitative estimate of drug-likeness (QED) is 0.797. The highest BCUT2D eigenvalue weighted by atomic mass is 16.5. The van der Waals surface area contributed by atoms with Gasteiger partial charge in [0.15, 0.2) is 18.1 Å². The van der Waals surface area contributed by atoms with Crippen LogP contribution in [0.15, 0.2) is 42.5 Å². The lowest BCUT2D eigenvalue weighted by Gasteiger charge is -2.17. The molecule has 0 saturated heterocycles. The van der Waals surface area contributed by atoms with Gasteiger partial charge in [-0.25, -0.2) is 0 Å². The Morgan fingerprint density at radius 1 is 1.04 bits per heavy atom. The molecule has 25 heavy (non-hydrogen) atoms. The molecule has 0 bridgehead atoms. The maximum Gasteiger partial charge on any atom is 0.258 e. The van der Waals surface area contributed by atoms with Gasteiger partial charge in [-0.2, -0.15) is 0 Å². The molecular formula is C20H25NO4. The summed E-state index contributed by atoms with van der Waals surface area (Å²) >= 11 is 0. The molecular weight excluding hydrogens is 318 g/mol. The molecule has 0 saturated carbocycles. The van der Waals surface area contributed by atoms with Crippen LogP contribution in [0, 0.1) is 0 Å². The molecule has 0 aromatic heterocycles. The normalized spacial score (nSPS) is 11.5. The van der Waals surface area contributed by atoms with Gasteiger partial charge in [0.25, 0.3) is 5.91 Å². The van der Waals surface area contributed by atoms with Gasteiger partial charge in [0.05, 0.1) is 20.3 Å². The molecule has 0 radical (unpaired) electrons. The Labute approximate surface area is 148 Å². The third kappa shape index (κ3) is 5.14. The summed E-state index contributed by atoms with van der Waals surface area (Å²) < 4.78 is 16.0. The molecule has 1 N–H and O–H groups in total. The Bertz CT molecular complexity index is 697. The molecule has 0 unspecified atom stereocenters. The molecule has 0 aliphatic carbocycles. The Morgan fingerprint density at radius 3 is 2.32 bits per heavy atom. The van der Waals surface area contributed by atoms with Crippen LogP contribution in [0.25, 0.3) is 0 Å². The van der Waals surface area contributed by atoms with Crippen LogP contribution in [-0.2, 0) is 11.2 Å². The zero-order chi connectivity index (χ0) is 18.2. The highest BCUT2D eigenvalue weighted by Gasteiger charge is 2.13. The second kappa shape index (κ2) is 8.97. The molecule has 134 valence electrons. The van der Waals surface area contributed by atoms with E-state index in [1.807, 2.05) is 49.4 Å². The van der Waals surface area contributed by atoms with Crippen LogP contribution in [0.2, 0.25) is 0 Å². The van der Waals surface area contributed by atoms with Crippen LogP contribution in [0.5, 0.6) is 17.2 Å². The maximum absolute atomic E-state index is 12.1. The number of hydrogen-bond donors (Lipinski definition) is 1. The van der Waals surface area contributed by atoms with Crippen LogP contribution in [0.1, 0.15) is 31.0 Å². The first kappa shape index (κ1) is 18.6. The first-order valence-corrected chi connectivity index (χ1v) is 8.30. The van der Waals surface area contributed by atoms with Gasteiger partial charge in [-0.3, -0.25) is 4.79 Å². The average Bonchev–Trinajstić information content (AvgIpc) is 2.66. The lowest BCUT2D eigenvalue weighted by Crippen LogP contribution is -2.31. The monoisotopic (exact) mass is 343 g/mol. The van der Waals surface area contributed by atoms with E-state index in [0.717, 1.165) is 12.0 Å². The van der Waals surface area contributed by atoms with Crippen molar-refractivity contribution in [2.45, 2.75) is 26.3 Å². The number of benzene rings is 2. The molecule has 0 fully saturated rings. The van der Waals surface area contributed by atoms with Gasteiger partial charge in [0.1, 0.15) is 5.75 Å². The van der Waals surface area contributed by atoms with E-state index < -0.39 is 0 Å². The van der Waals surface area contributed by atoms with Gasteiger partial charge >= 0.3 is 0 Å². The summed E-state index contributed by atoms with van der Waals surface area (Å²) in [7, 11) is 3.18. The molecule has 2 aromatic carbocycles. The second-order valence-electron chi connectivity index (χ2n) is 5.69. The van der Waals surface area contributed by atoms with Crippen molar-refractivity contribution in [2.24, 2.45) is 0 Å². The van der Waals surface area contributed by atoms with E-state index in [4.69, 9.17) is 14.2 Å². The summed E-state index contributed by atoms with van der Waals surface area (Å²) in [6.07, 6.45) is 0.976. The SMILES string of the molecule is CCc1ccc(OCC(=O)N[C@@H](C)c2ccc(OC)c(OC)c2)cc1. The van der Waals surface area contributed by atoms with Crippen molar-refractivity contribution >= 4 is 5.91 Å². The highest BCUT2D eigenvalue weighted by molar-refractivity contribution is 5.78. The van der Waals surface area contributed by atoms with Crippen molar-refractivity contribution in [1.82, 2.24) is 5.32 Å². The summed E-state index contributed by atoms with van der Waals surface area (Å²) in [6, 6.07) is 13.2. The molecule has 0 aliphatic rings. The largest absolute Gasteiger partial charge is 0.493 e. The number of hydrogen-bond acceptors (Lipinski definition) is 4. The lowest BCUT2D eigenvalue weighted by molar-refractivity contribution is -0.123. The standard InChI is InChI=1S/C20H25NO4/c1-5-15-6-9-17(10-7-15)25-13-20(22)21-14(2)16-8-11-18(23-3)19(12-16)24-4/h6-12,14H,5,13H2,1-4H3,(H,21,22)/t14-/m0/s1. The predicted octanol–water partition coefficient (Wildman–Crippen LogP) is 3.52. The summed E-state index contributed by atoms with van der Waals surface area (Å²) in [6.45, 7) is 3.98.